The molecule has 0 bridgehead atoms. The molecule has 1 atom stereocenters. The molecule has 0 aromatic heterocycles. The molecule has 4 nitrogen and oxygen atoms in total. The van der Waals surface area contributed by atoms with E-state index in [1.54, 1.807) is 0 Å². The van der Waals surface area contributed by atoms with Crippen molar-refractivity contribution in [3.8, 4) is 5.75 Å². The summed E-state index contributed by atoms with van der Waals surface area (Å²) in [6, 6.07) is 8.03. The summed E-state index contributed by atoms with van der Waals surface area (Å²) in [5.74, 6) is 1.25. The van der Waals surface area contributed by atoms with Crippen molar-refractivity contribution in [3.63, 3.8) is 0 Å². The fraction of sp³-hybridized carbons (Fsp3) is 0.647. The Balaban J connectivity index is 1.68. The van der Waals surface area contributed by atoms with Crippen LogP contribution in [0.4, 0.5) is 0 Å². The Labute approximate surface area is 127 Å². The van der Waals surface area contributed by atoms with E-state index in [4.69, 9.17) is 9.84 Å². The largest absolute Gasteiger partial charge is 0.491 e. The molecule has 0 saturated carbocycles. The van der Waals surface area contributed by atoms with Crippen LogP contribution in [0.15, 0.2) is 24.3 Å². The van der Waals surface area contributed by atoms with Crippen LogP contribution < -0.4 is 4.74 Å². The van der Waals surface area contributed by atoms with Crippen molar-refractivity contribution in [3.05, 3.63) is 29.8 Å². The number of likely N-dealkylation sites (tertiary alicyclic amines) is 1. The van der Waals surface area contributed by atoms with Crippen molar-refractivity contribution in [2.24, 2.45) is 5.92 Å². The summed E-state index contributed by atoms with van der Waals surface area (Å²) >= 11 is 0. The van der Waals surface area contributed by atoms with Gasteiger partial charge in [-0.05, 0) is 56.0 Å². The van der Waals surface area contributed by atoms with Crippen molar-refractivity contribution in [1.29, 1.82) is 0 Å². The number of ether oxygens (including phenoxy) is 1. The van der Waals surface area contributed by atoms with Crippen LogP contribution in [0.5, 0.6) is 5.75 Å². The highest BCUT2D eigenvalue weighted by atomic mass is 16.5. The van der Waals surface area contributed by atoms with Gasteiger partial charge in [0, 0.05) is 13.2 Å². The number of hydrogen-bond donors (Lipinski definition) is 2. The van der Waals surface area contributed by atoms with E-state index in [0.29, 0.717) is 19.1 Å². The maximum Gasteiger partial charge on any atom is 0.119 e. The molecule has 1 aliphatic heterocycles. The molecule has 2 rings (SSSR count). The van der Waals surface area contributed by atoms with E-state index in [2.05, 4.69) is 24.0 Å². The van der Waals surface area contributed by atoms with E-state index in [-0.39, 0.29) is 6.61 Å². The quantitative estimate of drug-likeness (QED) is 0.803. The molecule has 0 aliphatic carbocycles. The summed E-state index contributed by atoms with van der Waals surface area (Å²) < 4.78 is 5.63. The monoisotopic (exact) mass is 293 g/mol. The lowest BCUT2D eigenvalue weighted by atomic mass is 9.98. The Morgan fingerprint density at radius 1 is 1.24 bits per heavy atom. The van der Waals surface area contributed by atoms with E-state index in [1.807, 2.05) is 12.1 Å². The minimum absolute atomic E-state index is 0.285. The SMILES string of the molecule is CCc1ccc(OCC(O)CN2CCC(CO)CC2)cc1. The fourth-order valence-electron chi connectivity index (χ4n) is 2.72. The molecular formula is C17H27NO3. The molecule has 1 saturated heterocycles. The number of benzene rings is 1. The number of hydrogen-bond acceptors (Lipinski definition) is 4. The van der Waals surface area contributed by atoms with Gasteiger partial charge in [0.25, 0.3) is 0 Å². The van der Waals surface area contributed by atoms with Crippen LogP contribution in [-0.2, 0) is 6.42 Å². The highest BCUT2D eigenvalue weighted by Gasteiger charge is 2.20. The van der Waals surface area contributed by atoms with E-state index in [9.17, 15) is 5.11 Å². The van der Waals surface area contributed by atoms with Gasteiger partial charge < -0.3 is 19.8 Å². The van der Waals surface area contributed by atoms with Gasteiger partial charge in [0.1, 0.15) is 18.5 Å². The Morgan fingerprint density at radius 2 is 1.90 bits per heavy atom. The second kappa shape index (κ2) is 8.37. The van der Waals surface area contributed by atoms with Crippen molar-refractivity contribution in [2.45, 2.75) is 32.3 Å². The van der Waals surface area contributed by atoms with Gasteiger partial charge in [0.05, 0.1) is 0 Å². The topological polar surface area (TPSA) is 52.9 Å². The molecule has 0 amide bonds. The third-order valence-corrected chi connectivity index (χ3v) is 4.21. The second-order valence-corrected chi connectivity index (χ2v) is 5.89. The first-order valence-electron chi connectivity index (χ1n) is 7.94. The third kappa shape index (κ3) is 5.30. The Morgan fingerprint density at radius 3 is 2.48 bits per heavy atom. The summed E-state index contributed by atoms with van der Waals surface area (Å²) in [5, 5.41) is 19.2. The van der Waals surface area contributed by atoms with Gasteiger partial charge >= 0.3 is 0 Å². The normalized spacial score (nSPS) is 18.6. The van der Waals surface area contributed by atoms with Gasteiger partial charge in [0.2, 0.25) is 0 Å². The summed E-state index contributed by atoms with van der Waals surface area (Å²) in [7, 11) is 0. The molecule has 4 heteroatoms. The highest BCUT2D eigenvalue weighted by molar-refractivity contribution is 5.27. The Bertz CT molecular complexity index is 399. The number of β-amino-alcohol motifs (C(OH)–C–C–N with tert-alkyl or cyclic N) is 1. The minimum atomic E-state index is -0.471. The van der Waals surface area contributed by atoms with Gasteiger partial charge in [-0.15, -0.1) is 0 Å². The summed E-state index contributed by atoms with van der Waals surface area (Å²) in [5.41, 5.74) is 1.29. The molecular weight excluding hydrogens is 266 g/mol. The Kier molecular flexibility index (Phi) is 6.49. The second-order valence-electron chi connectivity index (χ2n) is 5.89. The van der Waals surface area contributed by atoms with Crippen LogP contribution in [0.25, 0.3) is 0 Å². The van der Waals surface area contributed by atoms with E-state index < -0.39 is 6.10 Å². The molecule has 2 N–H and O–H groups in total. The molecule has 0 spiro atoms. The minimum Gasteiger partial charge on any atom is -0.491 e. The molecule has 21 heavy (non-hydrogen) atoms. The zero-order valence-corrected chi connectivity index (χ0v) is 12.9. The maximum absolute atomic E-state index is 10.1. The summed E-state index contributed by atoms with van der Waals surface area (Å²) in [6.07, 6.45) is 2.58. The number of rotatable bonds is 7. The van der Waals surface area contributed by atoms with Crippen molar-refractivity contribution >= 4 is 0 Å². The zero-order chi connectivity index (χ0) is 15.1. The molecule has 1 fully saturated rings. The molecule has 1 aliphatic rings. The van der Waals surface area contributed by atoms with Crippen LogP contribution in [0.3, 0.4) is 0 Å². The average molecular weight is 293 g/mol. The average Bonchev–Trinajstić information content (AvgIpc) is 2.54. The van der Waals surface area contributed by atoms with E-state index in [0.717, 1.165) is 38.1 Å². The first-order chi connectivity index (χ1) is 10.2. The van der Waals surface area contributed by atoms with Crippen LogP contribution in [0, 0.1) is 5.92 Å². The summed E-state index contributed by atoms with van der Waals surface area (Å²) in [6.45, 7) is 5.28. The van der Waals surface area contributed by atoms with Crippen molar-refractivity contribution in [2.75, 3.05) is 32.8 Å². The molecule has 1 unspecified atom stereocenters. The zero-order valence-electron chi connectivity index (χ0n) is 12.9. The lowest BCUT2D eigenvalue weighted by Crippen LogP contribution is -2.41. The van der Waals surface area contributed by atoms with E-state index >= 15 is 0 Å². The van der Waals surface area contributed by atoms with Gasteiger partial charge in [0.15, 0.2) is 0 Å². The lowest BCUT2D eigenvalue weighted by molar-refractivity contribution is 0.0488. The van der Waals surface area contributed by atoms with Crippen molar-refractivity contribution in [1.82, 2.24) is 4.90 Å². The number of aliphatic hydroxyl groups excluding tert-OH is 2. The number of nitrogens with zero attached hydrogens (tertiary/aromatic N) is 1. The maximum atomic E-state index is 10.1. The van der Waals surface area contributed by atoms with Crippen molar-refractivity contribution < 1.29 is 14.9 Å². The van der Waals surface area contributed by atoms with Gasteiger partial charge in [-0.1, -0.05) is 19.1 Å². The Hall–Kier alpha value is -1.10. The van der Waals surface area contributed by atoms with E-state index in [1.165, 1.54) is 5.56 Å². The predicted molar refractivity (Wildman–Crippen MR) is 83.6 cm³/mol. The number of aliphatic hydroxyl groups is 2. The molecule has 1 aromatic carbocycles. The van der Waals surface area contributed by atoms with Crippen LogP contribution >= 0.6 is 0 Å². The smallest absolute Gasteiger partial charge is 0.119 e. The first kappa shape index (κ1) is 16.3. The van der Waals surface area contributed by atoms with Crippen LogP contribution in [-0.4, -0.2) is 54.1 Å². The predicted octanol–water partition coefficient (Wildman–Crippen LogP) is 1.69. The molecule has 118 valence electrons. The third-order valence-electron chi connectivity index (χ3n) is 4.21. The first-order valence-corrected chi connectivity index (χ1v) is 7.94. The molecule has 1 heterocycles. The van der Waals surface area contributed by atoms with Gasteiger partial charge in [-0.2, -0.15) is 0 Å². The number of piperidine rings is 1. The van der Waals surface area contributed by atoms with Gasteiger partial charge in [-0.25, -0.2) is 0 Å². The number of aryl methyl sites for hydroxylation is 1. The fourth-order valence-corrected chi connectivity index (χ4v) is 2.72. The standard InChI is InChI=1S/C17H27NO3/c1-2-14-3-5-17(6-4-14)21-13-16(20)11-18-9-7-15(12-19)8-10-18/h3-6,15-16,19-20H,2,7-13H2,1H3. The van der Waals surface area contributed by atoms with Crippen LogP contribution in [0.2, 0.25) is 0 Å². The molecule has 0 radical (unpaired) electrons. The highest BCUT2D eigenvalue weighted by Crippen LogP contribution is 2.17. The molecule has 1 aromatic rings. The van der Waals surface area contributed by atoms with Gasteiger partial charge in [-0.3, -0.25) is 0 Å². The summed E-state index contributed by atoms with van der Waals surface area (Å²) in [4.78, 5) is 2.25. The van der Waals surface area contributed by atoms with Crippen LogP contribution in [0.1, 0.15) is 25.3 Å². The lowest BCUT2D eigenvalue weighted by Gasteiger charge is -2.32.